The summed E-state index contributed by atoms with van der Waals surface area (Å²) >= 11 is 0. The van der Waals surface area contributed by atoms with E-state index in [0.717, 1.165) is 6.54 Å². The predicted octanol–water partition coefficient (Wildman–Crippen LogP) is 0.307. The maximum absolute atomic E-state index is 9.96. The van der Waals surface area contributed by atoms with Crippen LogP contribution in [0.2, 0.25) is 0 Å². The van der Waals surface area contributed by atoms with Crippen molar-refractivity contribution in [1.29, 1.82) is 0 Å². The summed E-state index contributed by atoms with van der Waals surface area (Å²) in [5, 5.41) is 2.36. The molecule has 0 aromatic carbocycles. The van der Waals surface area contributed by atoms with Crippen molar-refractivity contribution < 1.29 is 37.5 Å². The van der Waals surface area contributed by atoms with Gasteiger partial charge < -0.3 is 16.0 Å². The average Bonchev–Trinajstić information content (AvgIpc) is 1.63. The molecule has 0 aliphatic carbocycles. The Morgan fingerprint density at radius 3 is 2.40 bits per heavy atom. The molecule has 0 spiro atoms. The van der Waals surface area contributed by atoms with Crippen molar-refractivity contribution in [3.63, 3.8) is 0 Å². The fourth-order valence-corrected chi connectivity index (χ4v) is 0.393. The van der Waals surface area contributed by atoms with E-state index in [1.54, 1.807) is 0 Å². The predicted molar refractivity (Wildman–Crippen MR) is 36.3 cm³/mol. The number of carbonyl (C=O) groups excluding carboxylic acids is 1. The van der Waals surface area contributed by atoms with Crippen molar-refractivity contribution in [2.45, 2.75) is 0 Å². The van der Waals surface area contributed by atoms with E-state index in [9.17, 15) is 4.79 Å². The number of rotatable bonds is 3. The van der Waals surface area contributed by atoms with Gasteiger partial charge in [0.05, 0.1) is 0 Å². The van der Waals surface area contributed by atoms with Crippen molar-refractivity contribution >= 4 is 6.03 Å². The van der Waals surface area contributed by atoms with Crippen LogP contribution in [-0.4, -0.2) is 38.1 Å². The molecular formula is C5H12N3OY-. The smallest absolute Gasteiger partial charge is 0.150 e. The SMILES string of the molecule is CN(C)CCNC([NH-])=O.[Y]. The first-order valence-corrected chi connectivity index (χ1v) is 2.77. The van der Waals surface area contributed by atoms with Gasteiger partial charge in [0.15, 0.2) is 0 Å². The van der Waals surface area contributed by atoms with E-state index in [-0.39, 0.29) is 32.7 Å². The molecule has 4 nitrogen and oxygen atoms in total. The van der Waals surface area contributed by atoms with Gasteiger partial charge in [-0.25, -0.2) is 0 Å². The Bertz CT molecular complexity index is 96.9. The first-order chi connectivity index (χ1) is 4.13. The minimum Gasteiger partial charge on any atom is -0.448 e. The van der Waals surface area contributed by atoms with Gasteiger partial charge in [-0.15, -0.1) is 0 Å². The van der Waals surface area contributed by atoms with Gasteiger partial charge in [-0.05, 0) is 27.2 Å². The number of amides is 2. The van der Waals surface area contributed by atoms with E-state index >= 15 is 0 Å². The van der Waals surface area contributed by atoms with Crippen LogP contribution >= 0.6 is 0 Å². The molecule has 0 heterocycles. The minimum absolute atomic E-state index is 0. The van der Waals surface area contributed by atoms with Crippen LogP contribution in [0.5, 0.6) is 0 Å². The van der Waals surface area contributed by atoms with Crippen LogP contribution in [-0.2, 0) is 32.7 Å². The Balaban J connectivity index is 0. The second-order valence-corrected chi connectivity index (χ2v) is 2.06. The third-order valence-electron chi connectivity index (χ3n) is 0.845. The summed E-state index contributed by atoms with van der Waals surface area (Å²) in [7, 11) is 3.83. The van der Waals surface area contributed by atoms with E-state index in [2.05, 4.69) is 5.32 Å². The molecule has 0 unspecified atom stereocenters. The Hall–Kier alpha value is 0.334. The molecule has 0 aliphatic rings. The maximum Gasteiger partial charge on any atom is 0.150 e. The standard InChI is InChI=1S/C5H13N3O.Y/c1-8(2)4-3-7-5(6)9;/h3-4H2,1-2H3,(H3,6,7,9);/p-1. The molecule has 10 heavy (non-hydrogen) atoms. The molecule has 0 saturated carbocycles. The zero-order valence-corrected chi connectivity index (χ0v) is 9.19. The summed E-state index contributed by atoms with van der Waals surface area (Å²) in [4.78, 5) is 11.9. The summed E-state index contributed by atoms with van der Waals surface area (Å²) in [5.74, 6) is 0. The van der Waals surface area contributed by atoms with Crippen molar-refractivity contribution in [3.05, 3.63) is 5.73 Å². The van der Waals surface area contributed by atoms with Crippen molar-refractivity contribution in [3.8, 4) is 0 Å². The van der Waals surface area contributed by atoms with Crippen molar-refractivity contribution in [2.24, 2.45) is 0 Å². The Morgan fingerprint density at radius 1 is 1.60 bits per heavy atom. The molecule has 5 heteroatoms. The van der Waals surface area contributed by atoms with Crippen LogP contribution in [0.15, 0.2) is 0 Å². The monoisotopic (exact) mass is 219 g/mol. The molecule has 0 saturated heterocycles. The molecule has 1 radical (unpaired) electrons. The Kier molecular flexibility index (Phi) is 9.65. The van der Waals surface area contributed by atoms with Gasteiger partial charge in [-0.2, -0.15) is 0 Å². The van der Waals surface area contributed by atoms with Crippen LogP contribution in [0.25, 0.3) is 5.73 Å². The summed E-state index contributed by atoms with van der Waals surface area (Å²) in [6.07, 6.45) is 0. The van der Waals surface area contributed by atoms with Crippen LogP contribution in [0.3, 0.4) is 0 Å². The van der Waals surface area contributed by atoms with Crippen molar-refractivity contribution in [2.75, 3.05) is 27.2 Å². The number of nitrogens with one attached hydrogen (secondary N) is 2. The molecule has 0 aliphatic heterocycles. The molecule has 57 valence electrons. The minimum atomic E-state index is -0.711. The van der Waals surface area contributed by atoms with Crippen LogP contribution in [0.4, 0.5) is 4.79 Å². The summed E-state index contributed by atoms with van der Waals surface area (Å²) in [5.41, 5.74) is 6.45. The summed E-state index contributed by atoms with van der Waals surface area (Å²) < 4.78 is 0. The molecule has 0 rings (SSSR count). The number of urea groups is 1. The Morgan fingerprint density at radius 2 is 2.10 bits per heavy atom. The zero-order valence-electron chi connectivity index (χ0n) is 6.35. The van der Waals surface area contributed by atoms with Gasteiger partial charge >= 0.3 is 0 Å². The van der Waals surface area contributed by atoms with Crippen LogP contribution < -0.4 is 5.32 Å². The van der Waals surface area contributed by atoms with E-state index < -0.39 is 6.03 Å². The third kappa shape index (κ3) is 11.2. The number of hydrogen-bond donors (Lipinski definition) is 1. The van der Waals surface area contributed by atoms with Gasteiger partial charge in [0.2, 0.25) is 0 Å². The second-order valence-electron chi connectivity index (χ2n) is 2.06. The Labute approximate surface area is 86.4 Å². The van der Waals surface area contributed by atoms with E-state index in [1.807, 2.05) is 19.0 Å². The molecule has 0 atom stereocenters. The molecule has 0 fully saturated rings. The first kappa shape index (κ1) is 13.0. The number of hydrogen-bond acceptors (Lipinski definition) is 2. The fraction of sp³-hybridized carbons (Fsp3) is 0.800. The fourth-order valence-electron chi connectivity index (χ4n) is 0.393. The van der Waals surface area contributed by atoms with Gasteiger partial charge in [0.1, 0.15) is 6.03 Å². The second kappa shape index (κ2) is 7.44. The van der Waals surface area contributed by atoms with Gasteiger partial charge in [-0.1, -0.05) is 0 Å². The van der Waals surface area contributed by atoms with Gasteiger partial charge in [0, 0.05) is 32.7 Å². The quantitative estimate of drug-likeness (QED) is 0.742. The zero-order chi connectivity index (χ0) is 7.28. The van der Waals surface area contributed by atoms with E-state index in [0.29, 0.717) is 6.54 Å². The average molecular weight is 219 g/mol. The maximum atomic E-state index is 9.96. The van der Waals surface area contributed by atoms with E-state index in [1.165, 1.54) is 0 Å². The number of likely N-dealkylation sites (N-methyl/N-ethyl adjacent to an activating group) is 1. The van der Waals surface area contributed by atoms with Gasteiger partial charge in [-0.3, -0.25) is 4.79 Å². The summed E-state index contributed by atoms with van der Waals surface area (Å²) in [6.45, 7) is 1.33. The summed E-state index contributed by atoms with van der Waals surface area (Å²) in [6, 6.07) is -0.711. The van der Waals surface area contributed by atoms with Crippen LogP contribution in [0.1, 0.15) is 0 Å². The molecular weight excluding hydrogens is 207 g/mol. The molecule has 2 amide bonds. The third-order valence-corrected chi connectivity index (χ3v) is 0.845. The van der Waals surface area contributed by atoms with Crippen molar-refractivity contribution in [1.82, 2.24) is 10.2 Å². The normalized spacial score (nSPS) is 8.70. The first-order valence-electron chi connectivity index (χ1n) is 2.77. The largest absolute Gasteiger partial charge is 0.448 e. The van der Waals surface area contributed by atoms with E-state index in [4.69, 9.17) is 5.73 Å². The molecule has 0 aromatic heterocycles. The molecule has 0 aromatic rings. The number of carbonyl (C=O) groups is 1. The topological polar surface area (TPSA) is 56.1 Å². The van der Waals surface area contributed by atoms with Gasteiger partial charge in [0.25, 0.3) is 0 Å². The molecule has 0 bridgehead atoms. The van der Waals surface area contributed by atoms with Crippen LogP contribution in [0, 0.1) is 0 Å². The molecule has 2 N–H and O–H groups in total. The number of nitrogens with zero attached hydrogens (tertiary/aromatic N) is 1.